The van der Waals surface area contributed by atoms with Gasteiger partial charge in [0.15, 0.2) is 5.16 Å². The SMILES string of the molecule is C=Cc1ccc(CSc2nc3cc(C(=O)NCCC)ccc3c(=O)n2CC(C)C)cc1. The molecule has 0 radical (unpaired) electrons. The molecule has 0 saturated heterocycles. The third-order valence-corrected chi connectivity index (χ3v) is 5.90. The smallest absolute Gasteiger partial charge is 0.262 e. The number of nitrogens with one attached hydrogen (secondary N) is 1. The van der Waals surface area contributed by atoms with Crippen LogP contribution in [0.1, 0.15) is 48.7 Å². The van der Waals surface area contributed by atoms with E-state index in [2.05, 4.69) is 37.9 Å². The molecule has 3 aromatic rings. The van der Waals surface area contributed by atoms with Gasteiger partial charge in [0.2, 0.25) is 0 Å². The number of thioether (sulfide) groups is 1. The Labute approximate surface area is 187 Å². The summed E-state index contributed by atoms with van der Waals surface area (Å²) in [5.74, 6) is 0.861. The fourth-order valence-corrected chi connectivity index (χ4v) is 4.18. The average Bonchev–Trinajstić information content (AvgIpc) is 2.78. The van der Waals surface area contributed by atoms with E-state index in [0.29, 0.717) is 46.4 Å². The number of aromatic nitrogens is 2. The van der Waals surface area contributed by atoms with Gasteiger partial charge < -0.3 is 5.32 Å². The second-order valence-corrected chi connectivity index (χ2v) is 8.87. The molecule has 0 aliphatic rings. The molecule has 6 heteroatoms. The van der Waals surface area contributed by atoms with Gasteiger partial charge in [-0.1, -0.05) is 69.5 Å². The number of fused-ring (bicyclic) bond motifs is 1. The lowest BCUT2D eigenvalue weighted by molar-refractivity contribution is 0.0954. The van der Waals surface area contributed by atoms with E-state index in [1.54, 1.807) is 22.8 Å². The normalized spacial score (nSPS) is 11.1. The summed E-state index contributed by atoms with van der Waals surface area (Å²) in [6.07, 6.45) is 2.68. The van der Waals surface area contributed by atoms with Gasteiger partial charge in [0.25, 0.3) is 11.5 Å². The Morgan fingerprint density at radius 3 is 2.61 bits per heavy atom. The number of hydrogen-bond acceptors (Lipinski definition) is 4. The van der Waals surface area contributed by atoms with Crippen LogP contribution in [0, 0.1) is 5.92 Å². The number of nitrogens with zero attached hydrogens (tertiary/aromatic N) is 2. The molecule has 0 atom stereocenters. The van der Waals surface area contributed by atoms with Crippen LogP contribution in [-0.2, 0) is 12.3 Å². The second kappa shape index (κ2) is 10.4. The van der Waals surface area contributed by atoms with Gasteiger partial charge in [-0.15, -0.1) is 0 Å². The van der Waals surface area contributed by atoms with E-state index >= 15 is 0 Å². The Bertz CT molecular complexity index is 1130. The molecule has 1 N–H and O–H groups in total. The second-order valence-electron chi connectivity index (χ2n) is 7.93. The molecule has 0 unspecified atom stereocenters. The number of carbonyl (C=O) groups excluding carboxylic acids is 1. The molecule has 1 aromatic heterocycles. The van der Waals surface area contributed by atoms with Crippen molar-refractivity contribution in [2.45, 2.75) is 44.6 Å². The predicted octanol–water partition coefficient (Wildman–Crippen LogP) is 5.13. The summed E-state index contributed by atoms with van der Waals surface area (Å²) in [6.45, 7) is 11.2. The Kier molecular flexibility index (Phi) is 7.69. The Morgan fingerprint density at radius 2 is 1.97 bits per heavy atom. The van der Waals surface area contributed by atoms with Gasteiger partial charge in [-0.25, -0.2) is 4.98 Å². The van der Waals surface area contributed by atoms with Crippen LogP contribution >= 0.6 is 11.8 Å². The van der Waals surface area contributed by atoms with E-state index in [9.17, 15) is 9.59 Å². The van der Waals surface area contributed by atoms with Gasteiger partial charge in [0, 0.05) is 24.4 Å². The summed E-state index contributed by atoms with van der Waals surface area (Å²) in [4.78, 5) is 30.4. The lowest BCUT2D eigenvalue weighted by Gasteiger charge is -2.15. The van der Waals surface area contributed by atoms with Crippen LogP contribution in [0.25, 0.3) is 17.0 Å². The third-order valence-electron chi connectivity index (χ3n) is 4.85. The first kappa shape index (κ1) is 22.8. The maximum atomic E-state index is 13.2. The first-order chi connectivity index (χ1) is 14.9. The monoisotopic (exact) mass is 435 g/mol. The fraction of sp³-hybridized carbons (Fsp3) is 0.320. The summed E-state index contributed by atoms with van der Waals surface area (Å²) in [6, 6.07) is 13.3. The predicted molar refractivity (Wildman–Crippen MR) is 130 cm³/mol. The molecule has 3 rings (SSSR count). The van der Waals surface area contributed by atoms with Gasteiger partial charge in [-0.3, -0.25) is 14.2 Å². The zero-order valence-corrected chi connectivity index (χ0v) is 19.2. The van der Waals surface area contributed by atoms with E-state index in [4.69, 9.17) is 4.98 Å². The minimum atomic E-state index is -0.145. The van der Waals surface area contributed by atoms with Crippen molar-refractivity contribution in [1.82, 2.24) is 14.9 Å². The standard InChI is InChI=1S/C25H29N3O2S/c1-5-13-26-23(29)20-11-12-21-22(14-20)27-25(28(24(21)30)15-17(3)4)31-16-19-9-7-18(6-2)8-10-19/h6-12,14,17H,2,5,13,15-16H2,1,3-4H3,(H,26,29). The van der Waals surface area contributed by atoms with Crippen LogP contribution in [0.15, 0.2) is 59.0 Å². The highest BCUT2D eigenvalue weighted by atomic mass is 32.2. The largest absolute Gasteiger partial charge is 0.352 e. The zero-order chi connectivity index (χ0) is 22.4. The number of carbonyl (C=O) groups is 1. The molecule has 31 heavy (non-hydrogen) atoms. The van der Waals surface area contributed by atoms with Gasteiger partial charge >= 0.3 is 0 Å². The van der Waals surface area contributed by atoms with Crippen molar-refractivity contribution in [3.05, 3.63) is 76.1 Å². The summed E-state index contributed by atoms with van der Waals surface area (Å²) >= 11 is 1.54. The molecule has 5 nitrogen and oxygen atoms in total. The molecule has 0 aliphatic heterocycles. The third kappa shape index (κ3) is 5.64. The Morgan fingerprint density at radius 1 is 1.23 bits per heavy atom. The topological polar surface area (TPSA) is 64.0 Å². The number of rotatable bonds is 9. The number of hydrogen-bond donors (Lipinski definition) is 1. The quantitative estimate of drug-likeness (QED) is 0.374. The zero-order valence-electron chi connectivity index (χ0n) is 18.4. The highest BCUT2D eigenvalue weighted by Crippen LogP contribution is 2.24. The maximum Gasteiger partial charge on any atom is 0.262 e. The fourth-order valence-electron chi connectivity index (χ4n) is 3.22. The van der Waals surface area contributed by atoms with Gasteiger partial charge in [-0.05, 0) is 41.7 Å². The van der Waals surface area contributed by atoms with Crippen molar-refractivity contribution in [2.24, 2.45) is 5.92 Å². The molecule has 162 valence electrons. The van der Waals surface area contributed by atoms with E-state index in [1.807, 2.05) is 25.1 Å². The number of amides is 1. The van der Waals surface area contributed by atoms with E-state index in [-0.39, 0.29) is 11.5 Å². The van der Waals surface area contributed by atoms with Crippen molar-refractivity contribution in [3.8, 4) is 0 Å². The maximum absolute atomic E-state index is 13.2. The number of benzene rings is 2. The van der Waals surface area contributed by atoms with Crippen molar-refractivity contribution >= 4 is 34.6 Å². The van der Waals surface area contributed by atoms with Gasteiger partial charge in [0.05, 0.1) is 10.9 Å². The Balaban J connectivity index is 1.97. The van der Waals surface area contributed by atoms with E-state index in [0.717, 1.165) is 17.5 Å². The van der Waals surface area contributed by atoms with Crippen LogP contribution in [0.5, 0.6) is 0 Å². The average molecular weight is 436 g/mol. The van der Waals surface area contributed by atoms with Crippen molar-refractivity contribution in [3.63, 3.8) is 0 Å². The summed E-state index contributed by atoms with van der Waals surface area (Å²) < 4.78 is 1.76. The molecule has 0 spiro atoms. The highest BCUT2D eigenvalue weighted by molar-refractivity contribution is 7.98. The van der Waals surface area contributed by atoms with E-state index < -0.39 is 0 Å². The van der Waals surface area contributed by atoms with Crippen LogP contribution in [-0.4, -0.2) is 22.0 Å². The molecule has 0 fully saturated rings. The van der Waals surface area contributed by atoms with Gasteiger partial charge in [0.1, 0.15) is 0 Å². The lowest BCUT2D eigenvalue weighted by atomic mass is 10.1. The van der Waals surface area contributed by atoms with Crippen molar-refractivity contribution < 1.29 is 4.79 Å². The van der Waals surface area contributed by atoms with Crippen LogP contribution in [0.3, 0.4) is 0 Å². The molecule has 0 saturated carbocycles. The first-order valence-electron chi connectivity index (χ1n) is 10.6. The molecule has 1 heterocycles. The van der Waals surface area contributed by atoms with Crippen molar-refractivity contribution in [1.29, 1.82) is 0 Å². The molecular weight excluding hydrogens is 406 g/mol. The lowest BCUT2D eigenvalue weighted by Crippen LogP contribution is -2.26. The molecule has 2 aromatic carbocycles. The van der Waals surface area contributed by atoms with Crippen molar-refractivity contribution in [2.75, 3.05) is 6.54 Å². The van der Waals surface area contributed by atoms with Crippen LogP contribution in [0.4, 0.5) is 0 Å². The van der Waals surface area contributed by atoms with Gasteiger partial charge in [-0.2, -0.15) is 0 Å². The first-order valence-corrected chi connectivity index (χ1v) is 11.6. The molecule has 1 amide bonds. The van der Waals surface area contributed by atoms with Crippen LogP contribution < -0.4 is 10.9 Å². The van der Waals surface area contributed by atoms with E-state index in [1.165, 1.54) is 11.8 Å². The summed E-state index contributed by atoms with van der Waals surface area (Å²) in [7, 11) is 0. The summed E-state index contributed by atoms with van der Waals surface area (Å²) in [5, 5.41) is 4.08. The molecule has 0 aliphatic carbocycles. The highest BCUT2D eigenvalue weighted by Gasteiger charge is 2.15. The summed E-state index contributed by atoms with van der Waals surface area (Å²) in [5.41, 5.74) is 3.23. The van der Waals surface area contributed by atoms with Crippen LogP contribution in [0.2, 0.25) is 0 Å². The molecular formula is C25H29N3O2S. The minimum Gasteiger partial charge on any atom is -0.352 e. The molecule has 0 bridgehead atoms. The Hall–Kier alpha value is -2.86. The minimum absolute atomic E-state index is 0.0660.